The number of aryl methyl sites for hydroxylation is 1. The summed E-state index contributed by atoms with van der Waals surface area (Å²) in [5.41, 5.74) is 1.05. The van der Waals surface area contributed by atoms with Crippen LogP contribution in [0.15, 0.2) is 41.2 Å². The van der Waals surface area contributed by atoms with E-state index in [2.05, 4.69) is 5.32 Å². The van der Waals surface area contributed by atoms with Crippen molar-refractivity contribution >= 4 is 5.91 Å². The second-order valence-corrected chi connectivity index (χ2v) is 6.24. The van der Waals surface area contributed by atoms with Crippen LogP contribution in [0.5, 0.6) is 23.0 Å². The molecule has 0 radical (unpaired) electrons. The smallest absolute Gasteiger partial charge is 0.220 e. The minimum absolute atomic E-state index is 0.210. The van der Waals surface area contributed by atoms with Gasteiger partial charge < -0.3 is 24.6 Å². The molecule has 7 nitrogen and oxygen atoms in total. The van der Waals surface area contributed by atoms with Gasteiger partial charge in [0.25, 0.3) is 0 Å². The number of aromatic hydroxyl groups is 1. The zero-order valence-electron chi connectivity index (χ0n) is 16.4. The molecule has 2 aromatic carbocycles. The van der Waals surface area contributed by atoms with E-state index in [1.807, 2.05) is 12.1 Å². The Morgan fingerprint density at radius 2 is 1.71 bits per heavy atom. The Labute approximate surface area is 163 Å². The van der Waals surface area contributed by atoms with E-state index in [0.717, 1.165) is 5.56 Å². The van der Waals surface area contributed by atoms with Crippen LogP contribution >= 0.6 is 0 Å². The van der Waals surface area contributed by atoms with Gasteiger partial charge in [0.05, 0.1) is 27.4 Å². The van der Waals surface area contributed by atoms with E-state index in [-0.39, 0.29) is 11.7 Å². The zero-order chi connectivity index (χ0) is 20.7. The molecule has 0 aliphatic heterocycles. The number of carbonyl (C=O) groups is 1. The number of rotatable bonds is 8. The summed E-state index contributed by atoms with van der Waals surface area (Å²) in [6, 6.07) is 9.26. The molecule has 0 fully saturated rings. The van der Waals surface area contributed by atoms with E-state index in [4.69, 9.17) is 14.2 Å². The summed E-state index contributed by atoms with van der Waals surface area (Å²) in [7, 11) is 4.64. The maximum absolute atomic E-state index is 11.9. The van der Waals surface area contributed by atoms with Gasteiger partial charge in [0.1, 0.15) is 0 Å². The first-order chi connectivity index (χ1) is 13.4. The Balaban J connectivity index is 2.32. The van der Waals surface area contributed by atoms with Crippen molar-refractivity contribution in [1.29, 1.82) is 0 Å². The summed E-state index contributed by atoms with van der Waals surface area (Å²) in [5, 5.41) is 12.5. The van der Waals surface area contributed by atoms with Gasteiger partial charge in [-0.15, -0.1) is 0 Å². The molecular weight excluding hydrogens is 362 g/mol. The first-order valence-corrected chi connectivity index (χ1v) is 8.78. The molecule has 0 aliphatic rings. The minimum Gasteiger partial charge on any atom is -0.504 e. The maximum atomic E-state index is 11.9. The molecule has 150 valence electrons. The lowest BCUT2D eigenvalue weighted by atomic mass is 9.99. The zero-order valence-corrected chi connectivity index (χ0v) is 16.4. The molecule has 0 heterocycles. The van der Waals surface area contributed by atoms with Crippen molar-refractivity contribution in [2.24, 2.45) is 0 Å². The highest BCUT2D eigenvalue weighted by atomic mass is 16.5. The molecule has 1 atom stereocenters. The van der Waals surface area contributed by atoms with Gasteiger partial charge >= 0.3 is 0 Å². The number of hydrogen-bond donors (Lipinski definition) is 2. The molecule has 2 rings (SSSR count). The topological polar surface area (TPSA) is 94.1 Å². The molecule has 2 aromatic rings. The first kappa shape index (κ1) is 21.1. The van der Waals surface area contributed by atoms with Crippen LogP contribution in [0.4, 0.5) is 0 Å². The summed E-state index contributed by atoms with van der Waals surface area (Å²) in [6.07, 6.45) is 1.11. The Bertz CT molecular complexity index is 871. The third-order valence-corrected chi connectivity index (χ3v) is 4.32. The van der Waals surface area contributed by atoms with Crippen molar-refractivity contribution in [1.82, 2.24) is 5.32 Å². The number of benzene rings is 1. The fourth-order valence-corrected chi connectivity index (χ4v) is 2.98. The average Bonchev–Trinajstić information content (AvgIpc) is 2.84. The predicted octanol–water partition coefficient (Wildman–Crippen LogP) is 2.59. The third-order valence-electron chi connectivity index (χ3n) is 4.32. The number of nitrogens with one attached hydrogen (secondary N) is 1. The van der Waals surface area contributed by atoms with Crippen LogP contribution in [0.2, 0.25) is 0 Å². The van der Waals surface area contributed by atoms with E-state index in [1.54, 1.807) is 26.4 Å². The van der Waals surface area contributed by atoms with Gasteiger partial charge in [-0.3, -0.25) is 9.59 Å². The molecule has 7 heteroatoms. The molecule has 0 aromatic heterocycles. The molecule has 2 N–H and O–H groups in total. The Hall–Kier alpha value is -3.22. The standard InChI is InChI=1S/C21H25NO6/c1-13(23)22-16(15-6-5-7-17(24)18(25)12-15)9-8-14-10-19(26-2)21(28-4)20(11-14)27-3/h5-7,10-12,16H,8-9H2,1-4H3,(H,22,23)(H,24,25)/t16-/m0/s1. The van der Waals surface area contributed by atoms with Crippen LogP contribution < -0.4 is 25.0 Å². The van der Waals surface area contributed by atoms with Crippen molar-refractivity contribution in [3.05, 3.63) is 57.7 Å². The van der Waals surface area contributed by atoms with Crippen molar-refractivity contribution in [3.8, 4) is 23.0 Å². The van der Waals surface area contributed by atoms with E-state index >= 15 is 0 Å². The number of carbonyl (C=O) groups excluding carboxylic acids is 1. The van der Waals surface area contributed by atoms with Gasteiger partial charge in [0.15, 0.2) is 17.2 Å². The Kier molecular flexibility index (Phi) is 7.26. The van der Waals surface area contributed by atoms with Crippen LogP contribution in [-0.2, 0) is 11.2 Å². The minimum atomic E-state index is -0.497. The molecule has 0 aliphatic carbocycles. The third kappa shape index (κ3) is 5.16. The monoisotopic (exact) mass is 387 g/mol. The van der Waals surface area contributed by atoms with Crippen molar-refractivity contribution in [2.75, 3.05) is 21.3 Å². The fourth-order valence-electron chi connectivity index (χ4n) is 2.98. The van der Waals surface area contributed by atoms with Crippen molar-refractivity contribution in [2.45, 2.75) is 25.8 Å². The number of hydrogen-bond acceptors (Lipinski definition) is 6. The van der Waals surface area contributed by atoms with Crippen LogP contribution in [0.1, 0.15) is 30.5 Å². The number of amides is 1. The van der Waals surface area contributed by atoms with E-state index in [0.29, 0.717) is 35.7 Å². The van der Waals surface area contributed by atoms with Crippen LogP contribution in [0.3, 0.4) is 0 Å². The Morgan fingerprint density at radius 3 is 2.25 bits per heavy atom. The van der Waals surface area contributed by atoms with E-state index in [1.165, 1.54) is 26.2 Å². The van der Waals surface area contributed by atoms with Crippen LogP contribution in [0.25, 0.3) is 0 Å². The van der Waals surface area contributed by atoms with Crippen LogP contribution in [-0.4, -0.2) is 32.3 Å². The van der Waals surface area contributed by atoms with E-state index < -0.39 is 11.5 Å². The summed E-state index contributed by atoms with van der Waals surface area (Å²) in [4.78, 5) is 23.6. The summed E-state index contributed by atoms with van der Waals surface area (Å²) >= 11 is 0. The second-order valence-electron chi connectivity index (χ2n) is 6.24. The lowest BCUT2D eigenvalue weighted by molar-refractivity contribution is -0.119. The fraction of sp³-hybridized carbons (Fsp3) is 0.333. The molecule has 0 saturated carbocycles. The van der Waals surface area contributed by atoms with Gasteiger partial charge in [-0.05, 0) is 48.2 Å². The van der Waals surface area contributed by atoms with Gasteiger partial charge in [-0.1, -0.05) is 12.1 Å². The largest absolute Gasteiger partial charge is 0.504 e. The average molecular weight is 387 g/mol. The summed E-state index contributed by atoms with van der Waals surface area (Å²) < 4.78 is 16.1. The molecule has 28 heavy (non-hydrogen) atoms. The Morgan fingerprint density at radius 1 is 1.07 bits per heavy atom. The molecular formula is C21H25NO6. The van der Waals surface area contributed by atoms with Crippen LogP contribution in [0, 0.1) is 0 Å². The van der Waals surface area contributed by atoms with E-state index in [9.17, 15) is 14.7 Å². The predicted molar refractivity (Wildman–Crippen MR) is 105 cm³/mol. The maximum Gasteiger partial charge on any atom is 0.220 e. The lowest BCUT2D eigenvalue weighted by Gasteiger charge is -2.19. The molecule has 1 amide bonds. The highest BCUT2D eigenvalue weighted by molar-refractivity contribution is 5.73. The SMILES string of the molecule is COc1cc(CC[C@H](NC(C)=O)c2cccc(O)c(=O)c2)cc(OC)c1OC. The van der Waals surface area contributed by atoms with Crippen molar-refractivity contribution < 1.29 is 24.1 Å². The highest BCUT2D eigenvalue weighted by Gasteiger charge is 2.17. The lowest BCUT2D eigenvalue weighted by Crippen LogP contribution is -2.26. The molecule has 0 bridgehead atoms. The van der Waals surface area contributed by atoms with Crippen molar-refractivity contribution in [3.63, 3.8) is 0 Å². The molecule has 0 saturated heterocycles. The van der Waals surface area contributed by atoms with Gasteiger partial charge in [-0.2, -0.15) is 0 Å². The highest BCUT2D eigenvalue weighted by Crippen LogP contribution is 2.38. The summed E-state index contributed by atoms with van der Waals surface area (Å²) in [5.74, 6) is 1.06. The van der Waals surface area contributed by atoms with Gasteiger partial charge in [0, 0.05) is 6.92 Å². The molecule has 0 unspecified atom stereocenters. The van der Waals surface area contributed by atoms with Gasteiger partial charge in [-0.25, -0.2) is 0 Å². The quantitative estimate of drug-likeness (QED) is 0.723. The second kappa shape index (κ2) is 9.64. The summed E-state index contributed by atoms with van der Waals surface area (Å²) in [6.45, 7) is 1.42. The first-order valence-electron chi connectivity index (χ1n) is 8.78. The number of ether oxygens (including phenoxy) is 3. The van der Waals surface area contributed by atoms with Gasteiger partial charge in [0.2, 0.25) is 17.1 Å². The molecule has 0 spiro atoms. The normalized spacial score (nSPS) is 11.4. The number of methoxy groups -OCH3 is 3.